The number of fused-ring (bicyclic) bond motifs is 1. The molecule has 0 unspecified atom stereocenters. The maximum Gasteiger partial charge on any atom is 0.219 e. The van der Waals surface area contributed by atoms with Gasteiger partial charge in [-0.3, -0.25) is 4.40 Å². The molecule has 0 amide bonds. The normalized spacial score (nSPS) is 11.2. The van der Waals surface area contributed by atoms with Gasteiger partial charge in [0.2, 0.25) is 5.88 Å². The summed E-state index contributed by atoms with van der Waals surface area (Å²) in [5, 5.41) is 20.5. The Balaban J connectivity index is 1.66. The number of aromatic amines is 1. The highest BCUT2D eigenvalue weighted by Crippen LogP contribution is 2.28. The number of hydrogen-bond acceptors (Lipinski definition) is 5. The minimum atomic E-state index is 0.0677. The van der Waals surface area contributed by atoms with Gasteiger partial charge in [0.05, 0.1) is 17.8 Å². The van der Waals surface area contributed by atoms with E-state index in [1.165, 1.54) is 0 Å². The molecule has 0 aliphatic heterocycles. The number of nitrogens with zero attached hydrogens (tertiary/aromatic N) is 4. The molecule has 148 valence electrons. The van der Waals surface area contributed by atoms with E-state index in [2.05, 4.69) is 15.0 Å². The molecule has 3 N–H and O–H groups in total. The average Bonchev–Trinajstić information content (AvgIpc) is 3.38. The smallest absolute Gasteiger partial charge is 0.219 e. The molecule has 0 aliphatic carbocycles. The molecule has 3 heterocycles. The van der Waals surface area contributed by atoms with Crippen molar-refractivity contribution in [2.24, 2.45) is 0 Å². The third-order valence-electron chi connectivity index (χ3n) is 4.99. The third-order valence-corrected chi connectivity index (χ3v) is 4.99. The molecule has 3 aromatic heterocycles. The molecule has 7 nitrogen and oxygen atoms in total. The predicted molar refractivity (Wildman–Crippen MR) is 112 cm³/mol. The van der Waals surface area contributed by atoms with Gasteiger partial charge in [-0.05, 0) is 29.8 Å². The molecule has 7 heteroatoms. The van der Waals surface area contributed by atoms with E-state index in [9.17, 15) is 10.2 Å². The SMILES string of the molecule is Oc1ccc(-c2cn3c(O)c(Cc4ncc[nH]4)nc3c(Cc3ccccc3)n2)cc1. The van der Waals surface area contributed by atoms with Crippen LogP contribution in [-0.2, 0) is 12.8 Å². The van der Waals surface area contributed by atoms with Gasteiger partial charge in [0.1, 0.15) is 17.3 Å². The zero-order valence-electron chi connectivity index (χ0n) is 16.0. The summed E-state index contributed by atoms with van der Waals surface area (Å²) < 4.78 is 1.67. The quantitative estimate of drug-likeness (QED) is 0.420. The van der Waals surface area contributed by atoms with Crippen LogP contribution in [0.4, 0.5) is 0 Å². The highest BCUT2D eigenvalue weighted by Gasteiger charge is 2.18. The highest BCUT2D eigenvalue weighted by molar-refractivity contribution is 5.63. The second-order valence-corrected chi connectivity index (χ2v) is 7.07. The van der Waals surface area contributed by atoms with Crippen molar-refractivity contribution in [2.75, 3.05) is 0 Å². The van der Waals surface area contributed by atoms with Crippen LogP contribution >= 0.6 is 0 Å². The molecule has 0 aliphatic rings. The lowest BCUT2D eigenvalue weighted by Gasteiger charge is -2.08. The third kappa shape index (κ3) is 3.37. The average molecular weight is 397 g/mol. The molecule has 0 saturated heterocycles. The van der Waals surface area contributed by atoms with Gasteiger partial charge in [-0.25, -0.2) is 15.0 Å². The molecule has 0 fully saturated rings. The van der Waals surface area contributed by atoms with E-state index in [1.54, 1.807) is 47.3 Å². The van der Waals surface area contributed by atoms with Crippen LogP contribution in [0, 0.1) is 0 Å². The fourth-order valence-corrected chi connectivity index (χ4v) is 3.49. The van der Waals surface area contributed by atoms with Crippen LogP contribution in [0.25, 0.3) is 16.9 Å². The minimum Gasteiger partial charge on any atom is -0.508 e. The Bertz CT molecular complexity index is 1290. The van der Waals surface area contributed by atoms with E-state index in [1.807, 2.05) is 30.3 Å². The first-order chi connectivity index (χ1) is 14.7. The van der Waals surface area contributed by atoms with E-state index in [4.69, 9.17) is 4.98 Å². The van der Waals surface area contributed by atoms with Crippen molar-refractivity contribution in [3.8, 4) is 22.9 Å². The topological polar surface area (TPSA) is 99.3 Å². The van der Waals surface area contributed by atoms with Crippen molar-refractivity contribution in [1.82, 2.24) is 24.3 Å². The van der Waals surface area contributed by atoms with Crippen molar-refractivity contribution in [1.29, 1.82) is 0 Å². The Kier molecular flexibility index (Phi) is 4.40. The molecule has 30 heavy (non-hydrogen) atoms. The molecule has 0 bridgehead atoms. The van der Waals surface area contributed by atoms with Crippen LogP contribution in [-0.4, -0.2) is 34.5 Å². The molecule has 0 radical (unpaired) electrons. The van der Waals surface area contributed by atoms with Crippen LogP contribution in [0.5, 0.6) is 11.6 Å². The number of imidazole rings is 2. The maximum absolute atomic E-state index is 10.9. The molecule has 5 rings (SSSR count). The zero-order chi connectivity index (χ0) is 20.5. The second kappa shape index (κ2) is 7.36. The van der Waals surface area contributed by atoms with Crippen molar-refractivity contribution in [3.05, 3.63) is 96.0 Å². The van der Waals surface area contributed by atoms with E-state index in [0.717, 1.165) is 22.6 Å². The van der Waals surface area contributed by atoms with Gasteiger partial charge in [0.25, 0.3) is 0 Å². The largest absolute Gasteiger partial charge is 0.508 e. The molecule has 5 aromatic rings. The number of phenols is 1. The summed E-state index contributed by atoms with van der Waals surface area (Å²) in [6, 6.07) is 16.9. The Morgan fingerprint density at radius 3 is 2.40 bits per heavy atom. The Morgan fingerprint density at radius 2 is 1.67 bits per heavy atom. The van der Waals surface area contributed by atoms with Gasteiger partial charge in [0.15, 0.2) is 5.65 Å². The summed E-state index contributed by atoms with van der Waals surface area (Å²) in [7, 11) is 0. The summed E-state index contributed by atoms with van der Waals surface area (Å²) in [5.41, 5.74) is 4.53. The van der Waals surface area contributed by atoms with Crippen LogP contribution < -0.4 is 0 Å². The van der Waals surface area contributed by atoms with Crippen molar-refractivity contribution < 1.29 is 10.2 Å². The van der Waals surface area contributed by atoms with Crippen molar-refractivity contribution in [2.45, 2.75) is 12.8 Å². The number of nitrogens with one attached hydrogen (secondary N) is 1. The summed E-state index contributed by atoms with van der Waals surface area (Å²) in [5.74, 6) is 0.985. The number of hydrogen-bond donors (Lipinski definition) is 3. The van der Waals surface area contributed by atoms with Crippen LogP contribution in [0.15, 0.2) is 73.2 Å². The number of rotatable bonds is 5. The minimum absolute atomic E-state index is 0.0677. The fourth-order valence-electron chi connectivity index (χ4n) is 3.49. The van der Waals surface area contributed by atoms with Crippen LogP contribution in [0.1, 0.15) is 22.8 Å². The summed E-state index contributed by atoms with van der Waals surface area (Å²) >= 11 is 0. The fraction of sp³-hybridized carbons (Fsp3) is 0.0870. The van der Waals surface area contributed by atoms with Gasteiger partial charge < -0.3 is 15.2 Å². The monoisotopic (exact) mass is 397 g/mol. The van der Waals surface area contributed by atoms with Gasteiger partial charge in [-0.2, -0.15) is 0 Å². The number of benzene rings is 2. The first kappa shape index (κ1) is 17.9. The lowest BCUT2D eigenvalue weighted by molar-refractivity contribution is 0.442. The molecule has 2 aromatic carbocycles. The van der Waals surface area contributed by atoms with Gasteiger partial charge in [0, 0.05) is 30.6 Å². The van der Waals surface area contributed by atoms with Crippen molar-refractivity contribution in [3.63, 3.8) is 0 Å². The van der Waals surface area contributed by atoms with E-state index in [-0.39, 0.29) is 11.6 Å². The number of aromatic hydroxyl groups is 2. The number of phenolic OH excluding ortho intramolecular Hbond substituents is 1. The van der Waals surface area contributed by atoms with E-state index < -0.39 is 0 Å². The first-order valence-corrected chi connectivity index (χ1v) is 9.59. The highest BCUT2D eigenvalue weighted by atomic mass is 16.3. The molecule has 0 spiro atoms. The summed E-state index contributed by atoms with van der Waals surface area (Å²) in [6.45, 7) is 0. The maximum atomic E-state index is 10.9. The Labute approximate surface area is 172 Å². The summed E-state index contributed by atoms with van der Waals surface area (Å²) in [6.07, 6.45) is 6.15. The van der Waals surface area contributed by atoms with E-state index >= 15 is 0 Å². The number of H-pyrrole nitrogens is 1. The molecular weight excluding hydrogens is 378 g/mol. The standard InChI is InChI=1S/C23H19N5O2/c29-17-8-6-16(7-9-17)20-14-28-22(18(26-20)12-15-4-2-1-3-5-15)27-19(23(28)30)13-21-24-10-11-25-21/h1-11,14,29-30H,12-13H2,(H,24,25). The van der Waals surface area contributed by atoms with Gasteiger partial charge in [-0.1, -0.05) is 30.3 Å². The Morgan fingerprint density at radius 1 is 0.867 bits per heavy atom. The molecular formula is C23H19N5O2. The zero-order valence-corrected chi connectivity index (χ0v) is 16.0. The van der Waals surface area contributed by atoms with Gasteiger partial charge >= 0.3 is 0 Å². The summed E-state index contributed by atoms with van der Waals surface area (Å²) in [4.78, 5) is 16.8. The van der Waals surface area contributed by atoms with Crippen LogP contribution in [0.2, 0.25) is 0 Å². The Hall–Kier alpha value is -4.13. The number of aromatic nitrogens is 5. The lowest BCUT2D eigenvalue weighted by atomic mass is 10.1. The predicted octanol–water partition coefficient (Wildman–Crippen LogP) is 3.71. The van der Waals surface area contributed by atoms with Crippen molar-refractivity contribution >= 4 is 5.65 Å². The van der Waals surface area contributed by atoms with Crippen LogP contribution in [0.3, 0.4) is 0 Å². The second-order valence-electron chi connectivity index (χ2n) is 7.07. The first-order valence-electron chi connectivity index (χ1n) is 9.59. The molecule has 0 saturated carbocycles. The van der Waals surface area contributed by atoms with Gasteiger partial charge in [-0.15, -0.1) is 0 Å². The molecule has 0 atom stereocenters. The van der Waals surface area contributed by atoms with E-state index in [0.29, 0.717) is 29.9 Å². The lowest BCUT2D eigenvalue weighted by Crippen LogP contribution is -2.00.